The SMILES string of the molecule is CCCCN1C(=O)NC(c2cccc(NC(=O)Nc3ccc(OC)cc3OC)c2)C(C(=O)OCC)=C1c1ccccc1. The van der Waals surface area contributed by atoms with E-state index in [1.54, 1.807) is 61.4 Å². The predicted molar refractivity (Wildman–Crippen MR) is 162 cm³/mol. The second-order valence-electron chi connectivity index (χ2n) is 9.51. The van der Waals surface area contributed by atoms with Crippen molar-refractivity contribution in [1.29, 1.82) is 0 Å². The highest BCUT2D eigenvalue weighted by Crippen LogP contribution is 2.37. The average molecular weight is 573 g/mol. The van der Waals surface area contributed by atoms with Crippen LogP contribution >= 0.6 is 0 Å². The molecule has 1 aliphatic heterocycles. The van der Waals surface area contributed by atoms with Crippen LogP contribution in [0.1, 0.15) is 43.9 Å². The van der Waals surface area contributed by atoms with Gasteiger partial charge in [-0.05, 0) is 48.7 Å². The summed E-state index contributed by atoms with van der Waals surface area (Å²) in [5.74, 6) is 0.507. The van der Waals surface area contributed by atoms with Crippen LogP contribution in [0.15, 0.2) is 78.4 Å². The number of hydrogen-bond donors (Lipinski definition) is 3. The number of carbonyl (C=O) groups excluding carboxylic acids is 3. The minimum Gasteiger partial charge on any atom is -0.497 e. The number of nitrogens with one attached hydrogen (secondary N) is 3. The maximum atomic E-state index is 13.5. The Balaban J connectivity index is 1.70. The van der Waals surface area contributed by atoms with Crippen molar-refractivity contribution in [3.8, 4) is 11.5 Å². The lowest BCUT2D eigenvalue weighted by Gasteiger charge is -2.37. The largest absolute Gasteiger partial charge is 0.497 e. The van der Waals surface area contributed by atoms with Crippen molar-refractivity contribution >= 4 is 35.1 Å². The van der Waals surface area contributed by atoms with Crippen molar-refractivity contribution in [3.63, 3.8) is 0 Å². The fourth-order valence-electron chi connectivity index (χ4n) is 4.75. The molecule has 3 aromatic carbocycles. The number of unbranched alkanes of at least 4 members (excludes halogenated alkanes) is 1. The molecule has 3 aromatic rings. The third-order valence-electron chi connectivity index (χ3n) is 6.74. The van der Waals surface area contributed by atoms with Gasteiger partial charge in [0.2, 0.25) is 0 Å². The van der Waals surface area contributed by atoms with Crippen molar-refractivity contribution in [2.24, 2.45) is 0 Å². The van der Waals surface area contributed by atoms with Gasteiger partial charge in [0.25, 0.3) is 0 Å². The van der Waals surface area contributed by atoms with E-state index < -0.39 is 18.0 Å². The summed E-state index contributed by atoms with van der Waals surface area (Å²) in [6.45, 7) is 4.41. The van der Waals surface area contributed by atoms with Gasteiger partial charge in [-0.2, -0.15) is 0 Å². The van der Waals surface area contributed by atoms with E-state index in [-0.39, 0.29) is 12.6 Å². The molecule has 0 radical (unpaired) electrons. The molecule has 1 aliphatic rings. The average Bonchev–Trinajstić information content (AvgIpc) is 3.00. The molecule has 0 spiro atoms. The maximum Gasteiger partial charge on any atom is 0.338 e. The number of ether oxygens (including phenoxy) is 3. The Hall–Kier alpha value is -4.99. The van der Waals surface area contributed by atoms with Crippen molar-refractivity contribution in [2.45, 2.75) is 32.7 Å². The van der Waals surface area contributed by atoms with Gasteiger partial charge in [0.1, 0.15) is 11.5 Å². The summed E-state index contributed by atoms with van der Waals surface area (Å²) in [5.41, 5.74) is 3.10. The fourth-order valence-corrected chi connectivity index (χ4v) is 4.75. The van der Waals surface area contributed by atoms with Gasteiger partial charge in [-0.1, -0.05) is 55.8 Å². The molecule has 10 nitrogen and oxygen atoms in total. The second-order valence-corrected chi connectivity index (χ2v) is 9.51. The number of hydrogen-bond acceptors (Lipinski definition) is 6. The first-order valence-electron chi connectivity index (χ1n) is 13.8. The maximum absolute atomic E-state index is 13.5. The zero-order valence-electron chi connectivity index (χ0n) is 24.2. The molecule has 3 N–H and O–H groups in total. The van der Waals surface area contributed by atoms with Crippen LogP contribution in [-0.4, -0.2) is 50.3 Å². The van der Waals surface area contributed by atoms with Crippen molar-refractivity contribution in [1.82, 2.24) is 10.2 Å². The number of esters is 1. The molecule has 0 bridgehead atoms. The Labute approximate surface area is 245 Å². The highest BCUT2D eigenvalue weighted by molar-refractivity contribution is 6.05. The van der Waals surface area contributed by atoms with Gasteiger partial charge in [0, 0.05) is 18.3 Å². The first-order valence-corrected chi connectivity index (χ1v) is 13.8. The number of methoxy groups -OCH3 is 2. The molecule has 0 saturated heterocycles. The van der Waals surface area contributed by atoms with Crippen LogP contribution in [0.5, 0.6) is 11.5 Å². The van der Waals surface area contributed by atoms with Crippen LogP contribution in [0.4, 0.5) is 21.0 Å². The Bertz CT molecular complexity index is 1460. The van der Waals surface area contributed by atoms with E-state index in [1.165, 1.54) is 7.11 Å². The molecule has 4 amide bonds. The van der Waals surface area contributed by atoms with Crippen LogP contribution in [0.2, 0.25) is 0 Å². The zero-order chi connectivity index (χ0) is 30.1. The summed E-state index contributed by atoms with van der Waals surface area (Å²) in [6, 6.07) is 19.8. The van der Waals surface area contributed by atoms with E-state index in [4.69, 9.17) is 14.2 Å². The highest BCUT2D eigenvalue weighted by Gasteiger charge is 2.38. The summed E-state index contributed by atoms with van der Waals surface area (Å²) in [5, 5.41) is 8.59. The number of carbonyl (C=O) groups is 3. The monoisotopic (exact) mass is 572 g/mol. The zero-order valence-corrected chi connectivity index (χ0v) is 24.2. The summed E-state index contributed by atoms with van der Waals surface area (Å²) < 4.78 is 16.1. The molecule has 10 heteroatoms. The molecular formula is C32H36N4O6. The number of benzene rings is 3. The van der Waals surface area contributed by atoms with Crippen molar-refractivity contribution in [2.75, 3.05) is 38.0 Å². The summed E-state index contributed by atoms with van der Waals surface area (Å²) >= 11 is 0. The molecule has 0 aromatic heterocycles. The van der Waals surface area contributed by atoms with E-state index in [9.17, 15) is 14.4 Å². The smallest absolute Gasteiger partial charge is 0.338 e. The Morgan fingerprint density at radius 1 is 0.929 bits per heavy atom. The van der Waals surface area contributed by atoms with Crippen molar-refractivity contribution < 1.29 is 28.6 Å². The topological polar surface area (TPSA) is 118 Å². The number of anilines is 2. The lowest BCUT2D eigenvalue weighted by Crippen LogP contribution is -2.48. The Kier molecular flexibility index (Phi) is 10.0. The minimum absolute atomic E-state index is 0.177. The minimum atomic E-state index is -0.809. The molecule has 1 heterocycles. The highest BCUT2D eigenvalue weighted by atomic mass is 16.5. The summed E-state index contributed by atoms with van der Waals surface area (Å²) in [7, 11) is 3.05. The molecule has 0 fully saturated rings. The van der Waals surface area contributed by atoms with Crippen LogP contribution in [0.25, 0.3) is 5.70 Å². The van der Waals surface area contributed by atoms with Gasteiger partial charge in [-0.15, -0.1) is 0 Å². The molecule has 0 aliphatic carbocycles. The Morgan fingerprint density at radius 2 is 1.71 bits per heavy atom. The van der Waals surface area contributed by atoms with Gasteiger partial charge in [0.15, 0.2) is 0 Å². The quantitative estimate of drug-likeness (QED) is 0.236. The third-order valence-corrected chi connectivity index (χ3v) is 6.74. The molecule has 4 rings (SSSR count). The van der Waals surface area contributed by atoms with E-state index in [0.717, 1.165) is 18.4 Å². The third kappa shape index (κ3) is 6.83. The summed E-state index contributed by atoms with van der Waals surface area (Å²) in [6.07, 6.45) is 1.64. The number of nitrogens with zero attached hydrogens (tertiary/aromatic N) is 1. The van der Waals surface area contributed by atoms with Gasteiger partial charge in [-0.3, -0.25) is 4.90 Å². The van der Waals surface area contributed by atoms with Gasteiger partial charge in [-0.25, -0.2) is 14.4 Å². The van der Waals surface area contributed by atoms with Crippen LogP contribution in [0, 0.1) is 0 Å². The van der Waals surface area contributed by atoms with Gasteiger partial charge in [0.05, 0.1) is 43.8 Å². The normalized spacial score (nSPS) is 14.6. The number of urea groups is 2. The van der Waals surface area contributed by atoms with Gasteiger partial charge < -0.3 is 30.2 Å². The number of amides is 4. The Morgan fingerprint density at radius 3 is 2.40 bits per heavy atom. The number of rotatable bonds is 11. The van der Waals surface area contributed by atoms with E-state index in [0.29, 0.717) is 46.3 Å². The molecular weight excluding hydrogens is 536 g/mol. The van der Waals surface area contributed by atoms with Crippen molar-refractivity contribution in [3.05, 3.63) is 89.5 Å². The second kappa shape index (κ2) is 14.1. The van der Waals surface area contributed by atoms with Crippen LogP contribution in [-0.2, 0) is 9.53 Å². The molecule has 1 atom stereocenters. The molecule has 42 heavy (non-hydrogen) atoms. The van der Waals surface area contributed by atoms with E-state index in [2.05, 4.69) is 16.0 Å². The van der Waals surface area contributed by atoms with Crippen LogP contribution in [0.3, 0.4) is 0 Å². The van der Waals surface area contributed by atoms with E-state index >= 15 is 0 Å². The fraction of sp³-hybridized carbons (Fsp3) is 0.281. The first-order chi connectivity index (χ1) is 20.4. The van der Waals surface area contributed by atoms with E-state index in [1.807, 2.05) is 37.3 Å². The molecule has 1 unspecified atom stereocenters. The summed E-state index contributed by atoms with van der Waals surface area (Å²) in [4.78, 5) is 41.5. The first kappa shape index (κ1) is 30.0. The molecule has 0 saturated carbocycles. The lowest BCUT2D eigenvalue weighted by molar-refractivity contribution is -0.138. The standard InChI is InChI=1S/C32H36N4O6/c1-5-7-18-36-29(21-12-9-8-10-13-21)27(30(37)42-6-2)28(35-32(36)39)22-14-11-15-23(19-22)33-31(38)34-25-17-16-24(40-3)20-26(25)41-4/h8-17,19-20,28H,5-7,18H2,1-4H3,(H,35,39)(H2,33,34,38). The van der Waals surface area contributed by atoms with Crippen LogP contribution < -0.4 is 25.4 Å². The predicted octanol–water partition coefficient (Wildman–Crippen LogP) is 6.19. The van der Waals surface area contributed by atoms with Gasteiger partial charge >= 0.3 is 18.0 Å². The molecule has 220 valence electrons. The lowest BCUT2D eigenvalue weighted by atomic mass is 9.91.